The quantitative estimate of drug-likeness (QED) is 0.291. The van der Waals surface area contributed by atoms with Gasteiger partial charge in [0.2, 0.25) is 0 Å². The second kappa shape index (κ2) is 10.3. The van der Waals surface area contributed by atoms with Crippen molar-refractivity contribution in [2.75, 3.05) is 5.75 Å². The third kappa shape index (κ3) is 6.26. The maximum atomic E-state index is 5.79. The number of nitrogens with zero attached hydrogens (tertiary/aromatic N) is 3. The molecule has 3 rings (SSSR count). The van der Waals surface area contributed by atoms with Crippen LogP contribution in [0.25, 0.3) is 0 Å². The van der Waals surface area contributed by atoms with Crippen molar-refractivity contribution in [1.29, 1.82) is 0 Å². The fourth-order valence-electron chi connectivity index (χ4n) is 2.01. The number of aromatic nitrogens is 3. The standard InChI is InChI=1S/C18H21N3OS4/c1-3-4-9-23-17-20-21-18(26-17)25-12-14-11-24-16(19-14)10-22-15-7-5-13(2)6-8-15/h5-8,11H,3-4,9-10,12H2,1-2H3. The van der Waals surface area contributed by atoms with Gasteiger partial charge in [-0.2, -0.15) is 0 Å². The van der Waals surface area contributed by atoms with E-state index in [4.69, 9.17) is 4.74 Å². The lowest BCUT2D eigenvalue weighted by molar-refractivity contribution is 0.305. The normalized spacial score (nSPS) is 11.0. The molecule has 138 valence electrons. The molecule has 1 aromatic carbocycles. The van der Waals surface area contributed by atoms with Crippen molar-refractivity contribution in [3.05, 3.63) is 45.9 Å². The van der Waals surface area contributed by atoms with Gasteiger partial charge in [0.1, 0.15) is 17.4 Å². The molecule has 2 aromatic heterocycles. The molecule has 8 heteroatoms. The molecule has 3 aromatic rings. The van der Waals surface area contributed by atoms with Gasteiger partial charge < -0.3 is 4.74 Å². The van der Waals surface area contributed by atoms with E-state index in [9.17, 15) is 0 Å². The molecule has 0 saturated heterocycles. The van der Waals surface area contributed by atoms with Crippen molar-refractivity contribution < 1.29 is 4.74 Å². The first-order valence-electron chi connectivity index (χ1n) is 8.45. The van der Waals surface area contributed by atoms with Crippen LogP contribution in [0.2, 0.25) is 0 Å². The molecule has 0 spiro atoms. The average molecular weight is 424 g/mol. The van der Waals surface area contributed by atoms with Crippen molar-refractivity contribution in [3.63, 3.8) is 0 Å². The van der Waals surface area contributed by atoms with Crippen LogP contribution in [-0.4, -0.2) is 20.9 Å². The second-order valence-corrected chi connectivity index (χ2v) is 10.1. The predicted molar refractivity (Wildman–Crippen MR) is 113 cm³/mol. The molecule has 0 bridgehead atoms. The summed E-state index contributed by atoms with van der Waals surface area (Å²) in [6, 6.07) is 8.09. The van der Waals surface area contributed by atoms with Crippen LogP contribution in [0.4, 0.5) is 0 Å². The van der Waals surface area contributed by atoms with Crippen LogP contribution in [0, 0.1) is 6.92 Å². The van der Waals surface area contributed by atoms with Gasteiger partial charge in [-0.25, -0.2) is 4.98 Å². The molecule has 0 atom stereocenters. The summed E-state index contributed by atoms with van der Waals surface area (Å²) in [5.41, 5.74) is 2.30. The minimum atomic E-state index is 0.509. The van der Waals surface area contributed by atoms with Crippen LogP contribution >= 0.6 is 46.2 Å². The number of rotatable bonds is 10. The van der Waals surface area contributed by atoms with E-state index < -0.39 is 0 Å². The van der Waals surface area contributed by atoms with Crippen LogP contribution in [0.5, 0.6) is 5.75 Å². The summed E-state index contributed by atoms with van der Waals surface area (Å²) < 4.78 is 7.86. The van der Waals surface area contributed by atoms with E-state index in [0.29, 0.717) is 6.61 Å². The molecular weight excluding hydrogens is 402 g/mol. The van der Waals surface area contributed by atoms with E-state index in [0.717, 1.165) is 36.6 Å². The Bertz CT molecular complexity index is 801. The molecule has 0 N–H and O–H groups in total. The fraction of sp³-hybridized carbons (Fsp3) is 0.389. The number of thiazole rings is 1. The highest BCUT2D eigenvalue weighted by Crippen LogP contribution is 2.31. The molecule has 0 saturated carbocycles. The highest BCUT2D eigenvalue weighted by molar-refractivity contribution is 8.02. The van der Waals surface area contributed by atoms with Gasteiger partial charge >= 0.3 is 0 Å². The van der Waals surface area contributed by atoms with Gasteiger partial charge in [-0.3, -0.25) is 0 Å². The maximum absolute atomic E-state index is 5.79. The molecule has 0 aliphatic carbocycles. The number of ether oxygens (including phenoxy) is 1. The monoisotopic (exact) mass is 423 g/mol. The van der Waals surface area contributed by atoms with E-state index in [1.807, 2.05) is 12.1 Å². The topological polar surface area (TPSA) is 47.9 Å². The molecule has 0 aliphatic rings. The summed E-state index contributed by atoms with van der Waals surface area (Å²) in [7, 11) is 0. The van der Waals surface area contributed by atoms with Gasteiger partial charge in [-0.1, -0.05) is 65.9 Å². The maximum Gasteiger partial charge on any atom is 0.175 e. The Kier molecular flexibility index (Phi) is 7.79. The Morgan fingerprint density at radius 3 is 2.62 bits per heavy atom. The summed E-state index contributed by atoms with van der Waals surface area (Å²) in [6.07, 6.45) is 2.44. The number of thioether (sulfide) groups is 2. The summed E-state index contributed by atoms with van der Waals surface area (Å²) in [4.78, 5) is 4.65. The molecule has 4 nitrogen and oxygen atoms in total. The first-order valence-corrected chi connectivity index (χ1v) is 12.1. The first-order chi connectivity index (χ1) is 12.7. The third-order valence-electron chi connectivity index (χ3n) is 3.44. The zero-order valence-corrected chi connectivity index (χ0v) is 18.1. The summed E-state index contributed by atoms with van der Waals surface area (Å²) in [6.45, 7) is 4.78. The molecule has 0 unspecified atom stereocenters. The van der Waals surface area contributed by atoms with Gasteiger partial charge in [-0.05, 0) is 25.5 Å². The van der Waals surface area contributed by atoms with E-state index in [-0.39, 0.29) is 0 Å². The molecule has 0 radical (unpaired) electrons. The molecule has 26 heavy (non-hydrogen) atoms. The van der Waals surface area contributed by atoms with Crippen molar-refractivity contribution in [1.82, 2.24) is 15.2 Å². The smallest absolute Gasteiger partial charge is 0.175 e. The molecule has 0 amide bonds. The third-order valence-corrected chi connectivity index (χ3v) is 7.62. The molecule has 0 aliphatic heterocycles. The lowest BCUT2D eigenvalue weighted by Gasteiger charge is -2.03. The number of unbranched alkanes of at least 4 members (excludes halogenated alkanes) is 1. The summed E-state index contributed by atoms with van der Waals surface area (Å²) in [5.74, 6) is 2.81. The van der Waals surface area contributed by atoms with E-state index in [1.165, 1.54) is 18.4 Å². The average Bonchev–Trinajstić information content (AvgIpc) is 3.29. The van der Waals surface area contributed by atoms with Gasteiger partial charge in [0.15, 0.2) is 8.68 Å². The van der Waals surface area contributed by atoms with E-state index in [2.05, 4.69) is 46.5 Å². The van der Waals surface area contributed by atoms with Gasteiger partial charge in [0.05, 0.1) is 5.69 Å². The molecule has 2 heterocycles. The lowest BCUT2D eigenvalue weighted by atomic mass is 10.2. The number of hydrogen-bond acceptors (Lipinski definition) is 8. The Morgan fingerprint density at radius 2 is 1.85 bits per heavy atom. The largest absolute Gasteiger partial charge is 0.486 e. The van der Waals surface area contributed by atoms with Crippen molar-refractivity contribution >= 4 is 46.2 Å². The molecule has 0 fully saturated rings. The highest BCUT2D eigenvalue weighted by atomic mass is 32.2. The summed E-state index contributed by atoms with van der Waals surface area (Å²) >= 11 is 6.81. The Balaban J connectivity index is 1.44. The SMILES string of the molecule is CCCCSc1nnc(SCc2csc(COc3ccc(C)cc3)n2)s1. The number of hydrogen-bond donors (Lipinski definition) is 0. The fourth-order valence-corrected chi connectivity index (χ4v) is 5.89. The van der Waals surface area contributed by atoms with Crippen LogP contribution in [0.15, 0.2) is 38.3 Å². The molecular formula is C18H21N3OS4. The van der Waals surface area contributed by atoms with E-state index in [1.54, 1.807) is 46.2 Å². The van der Waals surface area contributed by atoms with Gasteiger partial charge in [-0.15, -0.1) is 21.5 Å². The minimum absolute atomic E-state index is 0.509. The number of aryl methyl sites for hydroxylation is 1. The Hall–Kier alpha value is -1.09. The van der Waals surface area contributed by atoms with Crippen LogP contribution in [-0.2, 0) is 12.4 Å². The minimum Gasteiger partial charge on any atom is -0.486 e. The first kappa shape index (κ1) is 19.7. The highest BCUT2D eigenvalue weighted by Gasteiger charge is 2.08. The van der Waals surface area contributed by atoms with Crippen LogP contribution in [0.3, 0.4) is 0 Å². The van der Waals surface area contributed by atoms with Crippen LogP contribution < -0.4 is 4.74 Å². The second-order valence-electron chi connectivity index (χ2n) is 5.66. The summed E-state index contributed by atoms with van der Waals surface area (Å²) in [5, 5.41) is 11.6. The zero-order valence-electron chi connectivity index (χ0n) is 14.8. The van der Waals surface area contributed by atoms with Crippen molar-refractivity contribution in [3.8, 4) is 5.75 Å². The Labute approximate surface area is 170 Å². The van der Waals surface area contributed by atoms with Crippen molar-refractivity contribution in [2.45, 2.75) is 47.7 Å². The van der Waals surface area contributed by atoms with Gasteiger partial charge in [0, 0.05) is 16.9 Å². The van der Waals surface area contributed by atoms with Gasteiger partial charge in [0.25, 0.3) is 0 Å². The van der Waals surface area contributed by atoms with Crippen LogP contribution in [0.1, 0.15) is 36.0 Å². The lowest BCUT2D eigenvalue weighted by Crippen LogP contribution is -1.95. The zero-order chi connectivity index (χ0) is 18.2. The predicted octanol–water partition coefficient (Wildman–Crippen LogP) is 6.07. The Morgan fingerprint density at radius 1 is 1.08 bits per heavy atom. The number of benzene rings is 1. The van der Waals surface area contributed by atoms with E-state index >= 15 is 0 Å². The van der Waals surface area contributed by atoms with Crippen molar-refractivity contribution in [2.24, 2.45) is 0 Å².